The van der Waals surface area contributed by atoms with Crippen molar-refractivity contribution in [2.45, 2.75) is 0 Å². The molecular weight excluding hydrogens is 669 g/mol. The molecule has 14 nitrogen and oxygen atoms in total. The first-order chi connectivity index (χ1) is 21.0. The normalized spacial score (nSPS) is 14.5. The zero-order chi connectivity index (χ0) is 32.8. The molecule has 18 heteroatoms. The quantitative estimate of drug-likeness (QED) is 0.257. The Morgan fingerprint density at radius 1 is 0.889 bits per heavy atom. The van der Waals surface area contributed by atoms with Crippen molar-refractivity contribution in [3.05, 3.63) is 56.8 Å². The van der Waals surface area contributed by atoms with Crippen molar-refractivity contribution in [3.63, 3.8) is 0 Å². The number of aromatic nitrogens is 3. The summed E-state index contributed by atoms with van der Waals surface area (Å²) in [5.74, 6) is -0.877. The lowest BCUT2D eigenvalue weighted by Gasteiger charge is -2.34. The number of hydrogen-bond acceptors (Lipinski definition) is 13. The van der Waals surface area contributed by atoms with Crippen LogP contribution in [-0.2, 0) is 27.3 Å². The zero-order valence-electron chi connectivity index (χ0n) is 24.5. The number of nitrogens with zero attached hydrogens (tertiary/aromatic N) is 5. The summed E-state index contributed by atoms with van der Waals surface area (Å²) < 4.78 is 60.8. The molecule has 2 aromatic heterocycles. The van der Waals surface area contributed by atoms with Gasteiger partial charge in [-0.15, -0.1) is 0 Å². The molecule has 4 aromatic rings. The minimum atomic E-state index is -4.21. The van der Waals surface area contributed by atoms with Crippen LogP contribution in [0.15, 0.2) is 41.2 Å². The van der Waals surface area contributed by atoms with E-state index >= 15 is 0 Å². The SMILES string of the molecule is CN1CCN(c2ccc(Nc3nc(N)c4c(OS(C)(=O)=O)c(-c5c(Cl)cccc5Cl)c(=O)n(C)c4n3)c(OS(C)(=O)=O)c2)CC1. The number of benzene rings is 2. The van der Waals surface area contributed by atoms with Crippen LogP contribution < -0.4 is 29.9 Å². The first-order valence-electron chi connectivity index (χ1n) is 13.3. The minimum absolute atomic E-state index is 0.0186. The van der Waals surface area contributed by atoms with Crippen LogP contribution in [0.25, 0.3) is 22.2 Å². The van der Waals surface area contributed by atoms with Gasteiger partial charge in [0, 0.05) is 50.5 Å². The molecular formula is C27H29Cl2N7O7S2. The second-order valence-electron chi connectivity index (χ2n) is 10.5. The zero-order valence-corrected chi connectivity index (χ0v) is 27.7. The van der Waals surface area contributed by atoms with Crippen LogP contribution in [0, 0.1) is 0 Å². The molecule has 0 unspecified atom stereocenters. The second kappa shape index (κ2) is 12.2. The molecule has 0 spiro atoms. The largest absolute Gasteiger partial charge is 0.383 e. The third-order valence-electron chi connectivity index (χ3n) is 6.98. The first-order valence-corrected chi connectivity index (χ1v) is 17.7. The number of rotatable bonds is 8. The molecule has 0 radical (unpaired) electrons. The molecule has 1 aliphatic rings. The van der Waals surface area contributed by atoms with E-state index < -0.39 is 31.5 Å². The summed E-state index contributed by atoms with van der Waals surface area (Å²) in [4.78, 5) is 26.7. The summed E-state index contributed by atoms with van der Waals surface area (Å²) in [7, 11) is -4.73. The molecule has 1 aliphatic heterocycles. The van der Waals surface area contributed by atoms with E-state index in [0.717, 1.165) is 48.9 Å². The van der Waals surface area contributed by atoms with Gasteiger partial charge < -0.3 is 29.2 Å². The maximum atomic E-state index is 13.7. The Morgan fingerprint density at radius 2 is 1.51 bits per heavy atom. The highest BCUT2D eigenvalue weighted by Crippen LogP contribution is 2.43. The van der Waals surface area contributed by atoms with Gasteiger partial charge in [0.2, 0.25) is 5.95 Å². The monoisotopic (exact) mass is 697 g/mol. The average Bonchev–Trinajstić information content (AvgIpc) is 2.92. The fourth-order valence-corrected chi connectivity index (χ4v) is 6.41. The summed E-state index contributed by atoms with van der Waals surface area (Å²) in [6.07, 6.45) is 1.72. The van der Waals surface area contributed by atoms with Crippen LogP contribution >= 0.6 is 23.2 Å². The van der Waals surface area contributed by atoms with Crippen molar-refractivity contribution in [3.8, 4) is 22.6 Å². The number of nitrogen functional groups attached to an aromatic ring is 1. The number of fused-ring (bicyclic) bond motifs is 1. The van der Waals surface area contributed by atoms with Crippen molar-refractivity contribution < 1.29 is 25.2 Å². The summed E-state index contributed by atoms with van der Waals surface area (Å²) in [5.41, 5.74) is 6.24. The second-order valence-corrected chi connectivity index (χ2v) is 14.4. The third-order valence-corrected chi connectivity index (χ3v) is 8.56. The Morgan fingerprint density at radius 3 is 2.11 bits per heavy atom. The summed E-state index contributed by atoms with van der Waals surface area (Å²) in [6.45, 7) is 3.14. The van der Waals surface area contributed by atoms with Crippen LogP contribution in [0.3, 0.4) is 0 Å². The van der Waals surface area contributed by atoms with Crippen LogP contribution in [0.2, 0.25) is 10.0 Å². The molecule has 45 heavy (non-hydrogen) atoms. The summed E-state index contributed by atoms with van der Waals surface area (Å²) in [5, 5.41) is 2.94. The lowest BCUT2D eigenvalue weighted by atomic mass is 10.0. The van der Waals surface area contributed by atoms with Crippen molar-refractivity contribution in [2.75, 3.05) is 61.7 Å². The first kappa shape index (κ1) is 32.6. The van der Waals surface area contributed by atoms with Crippen molar-refractivity contribution in [1.82, 2.24) is 19.4 Å². The van der Waals surface area contributed by atoms with E-state index in [1.54, 1.807) is 24.3 Å². The highest BCUT2D eigenvalue weighted by molar-refractivity contribution is 7.86. The van der Waals surface area contributed by atoms with Gasteiger partial charge in [-0.25, -0.2) is 0 Å². The number of piperazine rings is 1. The fraction of sp³-hybridized carbons (Fsp3) is 0.296. The van der Waals surface area contributed by atoms with Crippen LogP contribution in [0.1, 0.15) is 0 Å². The predicted molar refractivity (Wildman–Crippen MR) is 175 cm³/mol. The molecule has 240 valence electrons. The van der Waals surface area contributed by atoms with E-state index in [0.29, 0.717) is 0 Å². The van der Waals surface area contributed by atoms with Gasteiger partial charge >= 0.3 is 20.2 Å². The van der Waals surface area contributed by atoms with Gasteiger partial charge in [0.05, 0.1) is 33.8 Å². The van der Waals surface area contributed by atoms with E-state index in [4.69, 9.17) is 37.3 Å². The highest BCUT2D eigenvalue weighted by Gasteiger charge is 2.28. The molecule has 0 bridgehead atoms. The van der Waals surface area contributed by atoms with Crippen molar-refractivity contribution in [1.29, 1.82) is 0 Å². The van der Waals surface area contributed by atoms with Gasteiger partial charge in [0.25, 0.3) is 5.56 Å². The maximum absolute atomic E-state index is 13.7. The Labute approximate surface area is 269 Å². The van der Waals surface area contributed by atoms with Crippen LogP contribution in [0.5, 0.6) is 11.5 Å². The molecule has 3 N–H and O–H groups in total. The Balaban J connectivity index is 1.67. The minimum Gasteiger partial charge on any atom is -0.383 e. The van der Waals surface area contributed by atoms with Gasteiger partial charge in [-0.3, -0.25) is 9.36 Å². The summed E-state index contributed by atoms with van der Waals surface area (Å²) in [6, 6.07) is 9.51. The standard InChI is InChI=1S/C27H29Cl2N7O7S2/c1-34-10-12-36(13-11-34)15-8-9-18(19(14-15)42-44(3,38)39)31-27-32-24(30)22-23(43-45(4,40)41)21(26(37)35(2)25(22)33-27)20-16(28)6-5-7-17(20)29/h5-9,14H,10-13H2,1-4H3,(H3,30,31,32,33). The molecule has 0 aliphatic carbocycles. The van der Waals surface area contributed by atoms with Crippen LogP contribution in [0.4, 0.5) is 23.1 Å². The molecule has 3 heterocycles. The fourth-order valence-electron chi connectivity index (χ4n) is 4.89. The Kier molecular flexibility index (Phi) is 8.80. The highest BCUT2D eigenvalue weighted by atomic mass is 35.5. The molecule has 0 saturated carbocycles. The number of nitrogens with two attached hydrogens (primary N) is 1. The van der Waals surface area contributed by atoms with Gasteiger partial charge in [0.15, 0.2) is 17.1 Å². The number of hydrogen-bond donors (Lipinski definition) is 2. The molecule has 0 atom stereocenters. The Bertz CT molecular complexity index is 2080. The van der Waals surface area contributed by atoms with E-state index in [1.807, 2.05) is 7.05 Å². The van der Waals surface area contributed by atoms with Crippen molar-refractivity contribution in [2.24, 2.45) is 7.05 Å². The third kappa shape index (κ3) is 7.04. The van der Waals surface area contributed by atoms with Gasteiger partial charge in [-0.2, -0.15) is 26.8 Å². The number of nitrogens with one attached hydrogen (secondary N) is 1. The molecule has 1 saturated heterocycles. The average molecular weight is 699 g/mol. The van der Waals surface area contributed by atoms with Gasteiger partial charge in [-0.1, -0.05) is 29.3 Å². The molecule has 5 rings (SSSR count). The molecule has 1 fully saturated rings. The smallest absolute Gasteiger partial charge is 0.306 e. The van der Waals surface area contributed by atoms with Gasteiger partial charge in [0.1, 0.15) is 11.2 Å². The number of likely N-dealkylation sites (N-methyl/N-ethyl adjacent to an activating group) is 1. The maximum Gasteiger partial charge on any atom is 0.306 e. The van der Waals surface area contributed by atoms with E-state index in [9.17, 15) is 21.6 Å². The van der Waals surface area contributed by atoms with E-state index in [1.165, 1.54) is 19.2 Å². The lowest BCUT2D eigenvalue weighted by molar-refractivity contribution is 0.313. The van der Waals surface area contributed by atoms with Gasteiger partial charge in [-0.05, 0) is 31.3 Å². The number of halogens is 2. The number of aryl methyl sites for hydroxylation is 1. The van der Waals surface area contributed by atoms with E-state index in [2.05, 4.69) is 25.1 Å². The molecule has 2 aromatic carbocycles. The molecule has 0 amide bonds. The number of pyridine rings is 1. The Hall–Kier alpha value is -3.83. The topological polar surface area (TPSA) is 179 Å². The van der Waals surface area contributed by atoms with Crippen LogP contribution in [-0.4, -0.2) is 82.0 Å². The number of anilines is 4. The summed E-state index contributed by atoms with van der Waals surface area (Å²) >= 11 is 12.8. The lowest BCUT2D eigenvalue weighted by Crippen LogP contribution is -2.44. The predicted octanol–water partition coefficient (Wildman–Crippen LogP) is 3.06. The van der Waals surface area contributed by atoms with Crippen molar-refractivity contribution >= 4 is 77.6 Å². The van der Waals surface area contributed by atoms with E-state index in [-0.39, 0.29) is 55.4 Å².